The normalized spacial score (nSPS) is 17.6. The highest BCUT2D eigenvalue weighted by Crippen LogP contribution is 2.41. The van der Waals surface area contributed by atoms with Crippen molar-refractivity contribution in [1.82, 2.24) is 14.9 Å². The van der Waals surface area contributed by atoms with Crippen LogP contribution in [0.3, 0.4) is 0 Å². The number of thioether (sulfide) groups is 1. The van der Waals surface area contributed by atoms with Crippen molar-refractivity contribution in [2.75, 3.05) is 27.0 Å². The van der Waals surface area contributed by atoms with Gasteiger partial charge in [-0.3, -0.25) is 4.79 Å². The molecule has 1 aliphatic rings. The number of ether oxygens (including phenoxy) is 2. The minimum Gasteiger partial charge on any atom is -0.497 e. The number of hydrogen-bond donors (Lipinski definition) is 0. The molecule has 4 rings (SSSR count). The van der Waals surface area contributed by atoms with Gasteiger partial charge in [-0.1, -0.05) is 35.5 Å². The fourth-order valence-electron chi connectivity index (χ4n) is 4.20. The lowest BCUT2D eigenvalue weighted by atomic mass is 9.74. The summed E-state index contributed by atoms with van der Waals surface area (Å²) < 4.78 is 26.0. The number of amides is 1. The monoisotopic (exact) mass is 487 g/mol. The van der Waals surface area contributed by atoms with Gasteiger partial charge >= 0.3 is 0 Å². The summed E-state index contributed by atoms with van der Waals surface area (Å²) in [6.07, 6.45) is 3.38. The van der Waals surface area contributed by atoms with Gasteiger partial charge in [0.05, 0.1) is 35.9 Å². The van der Waals surface area contributed by atoms with Crippen LogP contribution >= 0.6 is 23.4 Å². The Kier molecular flexibility index (Phi) is 6.50. The third kappa shape index (κ3) is 4.13. The minimum atomic E-state index is -0.939. The van der Waals surface area contributed by atoms with Crippen molar-refractivity contribution in [2.45, 2.75) is 24.0 Å². The molecule has 0 bridgehead atoms. The molecule has 0 spiro atoms. The number of carbonyl (C=O) groups excluding carboxylic acids is 1. The highest BCUT2D eigenvalue weighted by molar-refractivity contribution is 7.98. The maximum absolute atomic E-state index is 15.2. The van der Waals surface area contributed by atoms with Crippen LogP contribution < -0.4 is 9.47 Å². The van der Waals surface area contributed by atoms with Crippen molar-refractivity contribution >= 4 is 29.3 Å². The van der Waals surface area contributed by atoms with Crippen LogP contribution in [0, 0.1) is 5.82 Å². The summed E-state index contributed by atoms with van der Waals surface area (Å²) in [6, 6.07) is 10.3. The Bertz CT molecular complexity index is 1230. The number of benzene rings is 2. The van der Waals surface area contributed by atoms with Crippen molar-refractivity contribution in [2.24, 2.45) is 0 Å². The molecular formula is C24H23ClFN3O3S. The van der Waals surface area contributed by atoms with E-state index >= 15 is 4.39 Å². The van der Waals surface area contributed by atoms with Crippen molar-refractivity contribution < 1.29 is 18.7 Å². The van der Waals surface area contributed by atoms with Gasteiger partial charge in [0.25, 0.3) is 5.91 Å². The largest absolute Gasteiger partial charge is 0.497 e. The number of rotatable bonds is 6. The third-order valence-electron chi connectivity index (χ3n) is 5.90. The molecule has 2 aromatic carbocycles. The second-order valence-corrected chi connectivity index (χ2v) is 9.07. The Hall–Kier alpha value is -2.84. The van der Waals surface area contributed by atoms with Gasteiger partial charge in [-0.05, 0) is 31.4 Å². The number of carbonyl (C=O) groups is 1. The van der Waals surface area contributed by atoms with Gasteiger partial charge in [0, 0.05) is 36.5 Å². The predicted octanol–water partition coefficient (Wildman–Crippen LogP) is 4.97. The second kappa shape index (κ2) is 9.19. The number of aromatic nitrogens is 2. The van der Waals surface area contributed by atoms with Crippen molar-refractivity contribution in [1.29, 1.82) is 0 Å². The Balaban J connectivity index is 1.84. The zero-order valence-electron chi connectivity index (χ0n) is 18.7. The molecule has 0 radical (unpaired) electrons. The van der Waals surface area contributed by atoms with E-state index in [1.807, 2.05) is 25.3 Å². The summed E-state index contributed by atoms with van der Waals surface area (Å²) in [5.41, 5.74) is 1.07. The van der Waals surface area contributed by atoms with Crippen LogP contribution in [0.5, 0.6) is 11.5 Å². The number of halogens is 2. The number of nitrogens with zero attached hydrogens (tertiary/aromatic N) is 3. The molecule has 0 saturated carbocycles. The molecule has 0 fully saturated rings. The van der Waals surface area contributed by atoms with Gasteiger partial charge in [-0.2, -0.15) is 0 Å². The smallest absolute Gasteiger partial charge is 0.257 e. The van der Waals surface area contributed by atoms with Gasteiger partial charge < -0.3 is 14.4 Å². The summed E-state index contributed by atoms with van der Waals surface area (Å²) in [5.74, 6) is 0.496. The van der Waals surface area contributed by atoms with Gasteiger partial charge in [-0.25, -0.2) is 14.4 Å². The Labute approximate surface area is 201 Å². The van der Waals surface area contributed by atoms with E-state index in [0.29, 0.717) is 33.5 Å². The maximum Gasteiger partial charge on any atom is 0.257 e. The first kappa shape index (κ1) is 23.3. The SMILES string of the molecule is COc1ccc(CN2C[C@](C)(c3cccc(Cl)c3F)c3nc(SC)ncc3C2=O)c(OC)c1. The van der Waals surface area contributed by atoms with Gasteiger partial charge in [0.1, 0.15) is 17.3 Å². The Morgan fingerprint density at radius 1 is 1.24 bits per heavy atom. The predicted molar refractivity (Wildman–Crippen MR) is 126 cm³/mol. The highest BCUT2D eigenvalue weighted by atomic mass is 35.5. The fraction of sp³-hybridized carbons (Fsp3) is 0.292. The molecule has 1 amide bonds. The van der Waals surface area contributed by atoms with E-state index in [0.717, 1.165) is 5.56 Å². The molecule has 0 saturated heterocycles. The first-order valence-electron chi connectivity index (χ1n) is 10.2. The molecule has 33 heavy (non-hydrogen) atoms. The lowest BCUT2D eigenvalue weighted by molar-refractivity contribution is 0.0674. The minimum absolute atomic E-state index is 0.0229. The average molecular weight is 488 g/mol. The van der Waals surface area contributed by atoms with Crippen LogP contribution in [0.25, 0.3) is 0 Å². The molecule has 1 aromatic heterocycles. The molecule has 0 aliphatic carbocycles. The van der Waals surface area contributed by atoms with Crippen LogP contribution in [0.4, 0.5) is 4.39 Å². The van der Waals surface area contributed by atoms with Crippen LogP contribution in [0.15, 0.2) is 47.8 Å². The van der Waals surface area contributed by atoms with Crippen molar-refractivity contribution in [3.8, 4) is 11.5 Å². The molecule has 6 nitrogen and oxygen atoms in total. The Morgan fingerprint density at radius 2 is 2.03 bits per heavy atom. The molecule has 1 atom stereocenters. The standard InChI is InChI=1S/C24H23ClFN3O3S/c1-24(17-6-5-7-18(25)20(17)26)13-29(12-14-8-9-15(31-2)10-19(14)32-3)22(30)16-11-27-23(33-4)28-21(16)24/h5-11H,12-13H2,1-4H3/t24-/m1/s1. The van der Waals surface area contributed by atoms with E-state index < -0.39 is 11.2 Å². The summed E-state index contributed by atoms with van der Waals surface area (Å²) in [5, 5.41) is 0.537. The zero-order valence-corrected chi connectivity index (χ0v) is 20.3. The second-order valence-electron chi connectivity index (χ2n) is 7.89. The molecular weight excluding hydrogens is 465 g/mol. The van der Waals surface area contributed by atoms with E-state index in [1.165, 1.54) is 24.0 Å². The quantitative estimate of drug-likeness (QED) is 0.361. The van der Waals surface area contributed by atoms with E-state index in [1.54, 1.807) is 37.3 Å². The van der Waals surface area contributed by atoms with Crippen LogP contribution in [-0.4, -0.2) is 47.8 Å². The topological polar surface area (TPSA) is 64.5 Å². The molecule has 3 aromatic rings. The highest BCUT2D eigenvalue weighted by Gasteiger charge is 2.44. The lowest BCUT2D eigenvalue weighted by Gasteiger charge is -2.41. The number of methoxy groups -OCH3 is 2. The van der Waals surface area contributed by atoms with Crippen LogP contribution in [0.2, 0.25) is 5.02 Å². The van der Waals surface area contributed by atoms with Crippen LogP contribution in [0.1, 0.15) is 34.1 Å². The van der Waals surface area contributed by atoms with E-state index in [9.17, 15) is 4.79 Å². The molecule has 1 aliphatic heterocycles. The van der Waals surface area contributed by atoms with Gasteiger partial charge in [-0.15, -0.1) is 0 Å². The molecule has 9 heteroatoms. The first-order valence-corrected chi connectivity index (χ1v) is 11.8. The lowest BCUT2D eigenvalue weighted by Crippen LogP contribution is -2.49. The summed E-state index contributed by atoms with van der Waals surface area (Å²) in [7, 11) is 3.14. The summed E-state index contributed by atoms with van der Waals surface area (Å²) in [4.78, 5) is 24.1. The third-order valence-corrected chi connectivity index (χ3v) is 6.75. The van der Waals surface area contributed by atoms with Crippen LogP contribution in [-0.2, 0) is 12.0 Å². The van der Waals surface area contributed by atoms with E-state index in [-0.39, 0.29) is 24.0 Å². The Morgan fingerprint density at radius 3 is 2.73 bits per heavy atom. The summed E-state index contributed by atoms with van der Waals surface area (Å²) >= 11 is 7.49. The van der Waals surface area contributed by atoms with Crippen molar-refractivity contribution in [3.63, 3.8) is 0 Å². The van der Waals surface area contributed by atoms with Gasteiger partial charge in [0.15, 0.2) is 5.16 Å². The van der Waals surface area contributed by atoms with Gasteiger partial charge in [0.2, 0.25) is 0 Å². The van der Waals surface area contributed by atoms with E-state index in [2.05, 4.69) is 9.97 Å². The van der Waals surface area contributed by atoms with Crippen molar-refractivity contribution in [3.05, 3.63) is 75.8 Å². The molecule has 0 N–H and O–H groups in total. The zero-order chi connectivity index (χ0) is 23.8. The fourth-order valence-corrected chi connectivity index (χ4v) is 4.71. The average Bonchev–Trinajstić information content (AvgIpc) is 2.83. The molecule has 172 valence electrons. The maximum atomic E-state index is 15.2. The number of fused-ring (bicyclic) bond motifs is 1. The molecule has 2 heterocycles. The first-order chi connectivity index (χ1) is 15.8. The summed E-state index contributed by atoms with van der Waals surface area (Å²) in [6.45, 7) is 2.34. The number of hydrogen-bond acceptors (Lipinski definition) is 6. The molecule has 0 unspecified atom stereocenters. The van der Waals surface area contributed by atoms with E-state index in [4.69, 9.17) is 21.1 Å².